The number of ether oxygens (including phenoxy) is 2. The first-order valence-electron chi connectivity index (χ1n) is 8.50. The molecule has 2 saturated heterocycles. The molecule has 2 fully saturated rings. The highest BCUT2D eigenvalue weighted by atomic mass is 32.2. The van der Waals surface area contributed by atoms with Gasteiger partial charge in [-0.3, -0.25) is 4.90 Å². The summed E-state index contributed by atoms with van der Waals surface area (Å²) in [7, 11) is -2.26. The van der Waals surface area contributed by atoms with Crippen LogP contribution in [-0.2, 0) is 14.8 Å². The molecule has 2 heterocycles. The van der Waals surface area contributed by atoms with Crippen molar-refractivity contribution in [1.82, 2.24) is 9.21 Å². The van der Waals surface area contributed by atoms with Crippen molar-refractivity contribution < 1.29 is 23.0 Å². The molecule has 0 saturated carbocycles. The smallest absolute Gasteiger partial charge is 0.246 e. The van der Waals surface area contributed by atoms with Crippen LogP contribution in [0.1, 0.15) is 11.1 Å². The third-order valence-corrected chi connectivity index (χ3v) is 6.99. The molecule has 0 bridgehead atoms. The lowest BCUT2D eigenvalue weighted by molar-refractivity contribution is -0.00602. The topological polar surface area (TPSA) is 79.3 Å². The Bertz CT molecular complexity index is 731. The average molecular weight is 370 g/mol. The molecule has 0 aromatic heterocycles. The van der Waals surface area contributed by atoms with Gasteiger partial charge in [-0.15, -0.1) is 0 Å². The van der Waals surface area contributed by atoms with Gasteiger partial charge in [0.15, 0.2) is 0 Å². The van der Waals surface area contributed by atoms with Gasteiger partial charge in [0.25, 0.3) is 0 Å². The van der Waals surface area contributed by atoms with E-state index in [9.17, 15) is 13.5 Å². The number of aliphatic hydroxyl groups is 1. The fraction of sp³-hybridized carbons (Fsp3) is 0.647. The van der Waals surface area contributed by atoms with Gasteiger partial charge in [-0.2, -0.15) is 4.31 Å². The minimum Gasteiger partial charge on any atom is -0.495 e. The van der Waals surface area contributed by atoms with Gasteiger partial charge in [-0.05, 0) is 37.1 Å². The molecule has 1 N–H and O–H groups in total. The normalized spacial score (nSPS) is 26.1. The van der Waals surface area contributed by atoms with Crippen molar-refractivity contribution in [1.29, 1.82) is 0 Å². The molecule has 1 aromatic carbocycles. The fourth-order valence-corrected chi connectivity index (χ4v) is 5.16. The number of aliphatic hydroxyl groups excluding tert-OH is 1. The zero-order chi connectivity index (χ0) is 18.2. The minimum absolute atomic E-state index is 0.0977. The maximum Gasteiger partial charge on any atom is 0.246 e. The van der Waals surface area contributed by atoms with Gasteiger partial charge in [0.1, 0.15) is 10.6 Å². The van der Waals surface area contributed by atoms with Crippen LogP contribution in [-0.4, -0.2) is 81.4 Å². The van der Waals surface area contributed by atoms with Crippen LogP contribution in [0.25, 0.3) is 0 Å². The van der Waals surface area contributed by atoms with Crippen molar-refractivity contribution in [3.63, 3.8) is 0 Å². The van der Waals surface area contributed by atoms with Gasteiger partial charge in [-0.1, -0.05) is 0 Å². The van der Waals surface area contributed by atoms with Crippen molar-refractivity contribution in [2.75, 3.05) is 46.5 Å². The number of nitrogens with zero attached hydrogens (tertiary/aromatic N) is 2. The fourth-order valence-electron chi connectivity index (χ4n) is 3.46. The lowest BCUT2D eigenvalue weighted by Gasteiger charge is -2.33. The third-order valence-electron chi connectivity index (χ3n) is 5.14. The predicted molar refractivity (Wildman–Crippen MR) is 93.4 cm³/mol. The monoisotopic (exact) mass is 370 g/mol. The molecule has 7 nitrogen and oxygen atoms in total. The van der Waals surface area contributed by atoms with Crippen LogP contribution in [0.2, 0.25) is 0 Å². The second-order valence-corrected chi connectivity index (χ2v) is 8.60. The second kappa shape index (κ2) is 7.20. The van der Waals surface area contributed by atoms with E-state index in [1.54, 1.807) is 12.1 Å². The molecule has 0 unspecified atom stereocenters. The molecule has 0 spiro atoms. The van der Waals surface area contributed by atoms with E-state index in [0.29, 0.717) is 32.1 Å². The van der Waals surface area contributed by atoms with Crippen molar-refractivity contribution in [2.45, 2.75) is 30.9 Å². The first-order valence-corrected chi connectivity index (χ1v) is 9.94. The number of benzene rings is 1. The standard InChI is InChI=1S/C17H26N2O5S/c1-12-8-16(23-3)17(9-13(12)2)25(21,22)19-10-14(15(20)11-19)18-4-6-24-7-5-18/h8-9,14-15,20H,4-7,10-11H2,1-3H3/t14-,15-/m0/s1. The Kier molecular flexibility index (Phi) is 5.36. The number of rotatable bonds is 4. The van der Waals surface area contributed by atoms with E-state index in [0.717, 1.165) is 11.1 Å². The molecule has 2 aliphatic heterocycles. The summed E-state index contributed by atoms with van der Waals surface area (Å²) >= 11 is 0. The van der Waals surface area contributed by atoms with Crippen LogP contribution in [0.15, 0.2) is 17.0 Å². The van der Waals surface area contributed by atoms with Gasteiger partial charge in [0.2, 0.25) is 10.0 Å². The molecular formula is C17H26N2O5S. The van der Waals surface area contributed by atoms with Gasteiger partial charge in [0, 0.05) is 26.2 Å². The highest BCUT2D eigenvalue weighted by Crippen LogP contribution is 2.32. The zero-order valence-corrected chi connectivity index (χ0v) is 15.8. The maximum atomic E-state index is 13.1. The van der Waals surface area contributed by atoms with Crippen molar-refractivity contribution in [3.8, 4) is 5.75 Å². The number of methoxy groups -OCH3 is 1. The number of aryl methyl sites for hydroxylation is 2. The largest absolute Gasteiger partial charge is 0.495 e. The molecule has 25 heavy (non-hydrogen) atoms. The number of sulfonamides is 1. The number of morpholine rings is 1. The molecule has 1 aromatic rings. The Labute approximate surface area is 149 Å². The summed E-state index contributed by atoms with van der Waals surface area (Å²) in [5.41, 5.74) is 1.87. The zero-order valence-electron chi connectivity index (χ0n) is 14.9. The van der Waals surface area contributed by atoms with Crippen LogP contribution >= 0.6 is 0 Å². The van der Waals surface area contributed by atoms with Crippen LogP contribution in [0.4, 0.5) is 0 Å². The van der Waals surface area contributed by atoms with Gasteiger partial charge in [-0.25, -0.2) is 8.42 Å². The highest BCUT2D eigenvalue weighted by molar-refractivity contribution is 7.89. The Hall–Kier alpha value is -1.19. The Morgan fingerprint density at radius 2 is 1.80 bits per heavy atom. The van der Waals surface area contributed by atoms with Gasteiger partial charge >= 0.3 is 0 Å². The van der Waals surface area contributed by atoms with Gasteiger partial charge < -0.3 is 14.6 Å². The van der Waals surface area contributed by atoms with Crippen molar-refractivity contribution >= 4 is 10.0 Å². The van der Waals surface area contributed by atoms with E-state index in [4.69, 9.17) is 9.47 Å². The van der Waals surface area contributed by atoms with E-state index in [-0.39, 0.29) is 24.0 Å². The molecule has 2 aliphatic rings. The molecule has 8 heteroatoms. The van der Waals surface area contributed by atoms with E-state index in [1.165, 1.54) is 11.4 Å². The van der Waals surface area contributed by atoms with Crippen LogP contribution in [0.3, 0.4) is 0 Å². The first-order chi connectivity index (χ1) is 11.8. The molecule has 0 aliphatic carbocycles. The summed E-state index contributed by atoms with van der Waals surface area (Å²) in [4.78, 5) is 2.27. The predicted octanol–water partition coefficient (Wildman–Crippen LogP) is 0.378. The average Bonchev–Trinajstić information content (AvgIpc) is 3.00. The summed E-state index contributed by atoms with van der Waals surface area (Å²) in [5, 5.41) is 10.4. The Balaban J connectivity index is 1.87. The molecule has 0 radical (unpaired) electrons. The molecule has 3 rings (SSSR count). The van der Waals surface area contributed by atoms with Crippen LogP contribution in [0, 0.1) is 13.8 Å². The van der Waals surface area contributed by atoms with E-state index >= 15 is 0 Å². The van der Waals surface area contributed by atoms with Crippen LogP contribution in [0.5, 0.6) is 5.75 Å². The van der Waals surface area contributed by atoms with E-state index in [1.807, 2.05) is 13.8 Å². The Morgan fingerprint density at radius 3 is 2.44 bits per heavy atom. The first kappa shape index (κ1) is 18.6. The quantitative estimate of drug-likeness (QED) is 0.825. The number of β-amino-alcohol motifs (C(OH)–C–C–N with tert-alkyl or cyclic N) is 1. The lowest BCUT2D eigenvalue weighted by atomic mass is 10.1. The third kappa shape index (κ3) is 3.54. The van der Waals surface area contributed by atoms with Crippen molar-refractivity contribution in [3.05, 3.63) is 23.3 Å². The minimum atomic E-state index is -3.73. The van der Waals surface area contributed by atoms with E-state index in [2.05, 4.69) is 4.90 Å². The summed E-state index contributed by atoms with van der Waals surface area (Å²) < 4.78 is 38.3. The molecule has 2 atom stereocenters. The lowest BCUT2D eigenvalue weighted by Crippen LogP contribution is -2.49. The summed E-state index contributed by atoms with van der Waals surface area (Å²) in [6, 6.07) is 3.20. The molecule has 140 valence electrons. The van der Waals surface area contributed by atoms with Gasteiger partial charge in [0.05, 0.1) is 32.5 Å². The second-order valence-electron chi connectivity index (χ2n) is 6.69. The summed E-state index contributed by atoms with van der Waals surface area (Å²) in [5.74, 6) is 0.340. The van der Waals surface area contributed by atoms with E-state index < -0.39 is 16.1 Å². The molecular weight excluding hydrogens is 344 g/mol. The summed E-state index contributed by atoms with van der Waals surface area (Å²) in [6.45, 7) is 6.82. The maximum absolute atomic E-state index is 13.1. The Morgan fingerprint density at radius 1 is 1.16 bits per heavy atom. The SMILES string of the molecule is COc1cc(C)c(C)cc1S(=O)(=O)N1C[C@H](O)[C@@H](N2CCOCC2)C1. The number of hydrogen-bond donors (Lipinski definition) is 1. The number of hydrogen-bond acceptors (Lipinski definition) is 6. The molecule has 0 amide bonds. The van der Waals surface area contributed by atoms with Crippen molar-refractivity contribution in [2.24, 2.45) is 0 Å². The highest BCUT2D eigenvalue weighted by Gasteiger charge is 2.42. The summed E-state index contributed by atoms with van der Waals surface area (Å²) in [6.07, 6.45) is -0.703. The van der Waals surface area contributed by atoms with Crippen LogP contribution < -0.4 is 4.74 Å².